The fourth-order valence-electron chi connectivity index (χ4n) is 3.50. The summed E-state index contributed by atoms with van der Waals surface area (Å²) in [5.41, 5.74) is 2.64. The van der Waals surface area contributed by atoms with E-state index in [9.17, 15) is 4.79 Å². The number of aromatic nitrogens is 4. The van der Waals surface area contributed by atoms with E-state index >= 15 is 0 Å². The minimum atomic E-state index is 0.0487. The number of hydrogen-bond acceptors (Lipinski definition) is 7. The van der Waals surface area contributed by atoms with Crippen molar-refractivity contribution < 1.29 is 4.79 Å². The molecule has 0 aromatic carbocycles. The second kappa shape index (κ2) is 9.56. The first-order chi connectivity index (χ1) is 13.9. The van der Waals surface area contributed by atoms with Crippen LogP contribution in [0.1, 0.15) is 35.8 Å². The van der Waals surface area contributed by atoms with Gasteiger partial charge in [-0.1, -0.05) is 6.08 Å². The number of piperidine rings is 1. The maximum absolute atomic E-state index is 12.6. The Kier molecular flexibility index (Phi) is 6.87. The lowest BCUT2D eigenvalue weighted by atomic mass is 9.94. The highest BCUT2D eigenvalue weighted by molar-refractivity contribution is 5.87. The third-order valence-electron chi connectivity index (χ3n) is 4.79. The van der Waals surface area contributed by atoms with Crippen LogP contribution in [0.2, 0.25) is 0 Å². The monoisotopic (exact) mass is 395 g/mol. The van der Waals surface area contributed by atoms with E-state index in [0.717, 1.165) is 43.0 Å². The molecule has 8 heteroatoms. The molecule has 0 bridgehead atoms. The van der Waals surface area contributed by atoms with Crippen LogP contribution in [0.15, 0.2) is 30.6 Å². The number of amides is 1. The summed E-state index contributed by atoms with van der Waals surface area (Å²) < 4.78 is 0. The van der Waals surface area contributed by atoms with Crippen LogP contribution in [0, 0.1) is 13.8 Å². The summed E-state index contributed by atoms with van der Waals surface area (Å²) in [6.45, 7) is 6.02. The summed E-state index contributed by atoms with van der Waals surface area (Å²) >= 11 is 0. The molecule has 1 amide bonds. The van der Waals surface area contributed by atoms with Crippen molar-refractivity contribution in [2.45, 2.75) is 32.6 Å². The topological polar surface area (TPSA) is 87.1 Å². The van der Waals surface area contributed by atoms with Crippen molar-refractivity contribution in [3.05, 3.63) is 47.7 Å². The van der Waals surface area contributed by atoms with Gasteiger partial charge in [-0.3, -0.25) is 9.78 Å². The summed E-state index contributed by atoms with van der Waals surface area (Å²) in [6.07, 6.45) is 8.82. The zero-order chi connectivity index (χ0) is 20.8. The minimum absolute atomic E-state index is 0.0487. The van der Waals surface area contributed by atoms with Crippen molar-refractivity contribution in [3.63, 3.8) is 0 Å². The van der Waals surface area contributed by atoms with Gasteiger partial charge in [-0.25, -0.2) is 15.0 Å². The standard InChI is InChI=1S/C21H29N7O/c1-15-13-16(2)25-21(24-15)26-20-19(22-9-10-23-20)17-7-5-12-28(14-17)18(29)8-6-11-27(3)4/h6,8-10,13,17H,5,7,11-12,14H2,1-4H3,(H,23,24,25,26)/b8-6+/t17-/m0/s1. The van der Waals surface area contributed by atoms with Crippen LogP contribution >= 0.6 is 0 Å². The van der Waals surface area contributed by atoms with Crippen LogP contribution < -0.4 is 5.32 Å². The zero-order valence-corrected chi connectivity index (χ0v) is 17.6. The van der Waals surface area contributed by atoms with Crippen LogP contribution in [-0.2, 0) is 4.79 Å². The lowest BCUT2D eigenvalue weighted by Gasteiger charge is -2.32. The first-order valence-electron chi connectivity index (χ1n) is 9.92. The predicted octanol–water partition coefficient (Wildman–Crippen LogP) is 2.45. The van der Waals surface area contributed by atoms with Crippen molar-refractivity contribution in [1.82, 2.24) is 29.7 Å². The van der Waals surface area contributed by atoms with Crippen molar-refractivity contribution >= 4 is 17.7 Å². The average Bonchev–Trinajstić information content (AvgIpc) is 2.67. The molecule has 1 atom stereocenters. The molecule has 0 saturated carbocycles. The normalized spacial score (nSPS) is 17.1. The van der Waals surface area contributed by atoms with Gasteiger partial charge in [0.25, 0.3) is 0 Å². The molecule has 1 fully saturated rings. The van der Waals surface area contributed by atoms with E-state index in [-0.39, 0.29) is 11.8 Å². The van der Waals surface area contributed by atoms with E-state index < -0.39 is 0 Å². The lowest BCUT2D eigenvalue weighted by molar-refractivity contribution is -0.127. The van der Waals surface area contributed by atoms with Gasteiger partial charge in [-0.2, -0.15) is 0 Å². The number of likely N-dealkylation sites (N-methyl/N-ethyl adjacent to an activating group) is 1. The first-order valence-corrected chi connectivity index (χ1v) is 9.92. The van der Waals surface area contributed by atoms with Gasteiger partial charge < -0.3 is 15.1 Å². The predicted molar refractivity (Wildman–Crippen MR) is 113 cm³/mol. The van der Waals surface area contributed by atoms with E-state index in [1.54, 1.807) is 18.5 Å². The van der Waals surface area contributed by atoms with Gasteiger partial charge >= 0.3 is 0 Å². The number of carbonyl (C=O) groups is 1. The lowest BCUT2D eigenvalue weighted by Crippen LogP contribution is -2.38. The molecule has 1 aliphatic heterocycles. The van der Waals surface area contributed by atoms with E-state index in [2.05, 4.69) is 25.3 Å². The third kappa shape index (κ3) is 5.80. The fourth-order valence-corrected chi connectivity index (χ4v) is 3.50. The number of nitrogens with zero attached hydrogens (tertiary/aromatic N) is 6. The van der Waals surface area contributed by atoms with Gasteiger partial charge in [0.05, 0.1) is 5.69 Å². The molecule has 1 N–H and O–H groups in total. The van der Waals surface area contributed by atoms with E-state index in [1.165, 1.54) is 0 Å². The largest absolute Gasteiger partial charge is 0.338 e. The molecule has 2 aromatic rings. The number of anilines is 2. The van der Waals surface area contributed by atoms with Crippen LogP contribution in [0.5, 0.6) is 0 Å². The molecule has 3 heterocycles. The molecule has 2 aromatic heterocycles. The number of rotatable bonds is 6. The Morgan fingerprint density at radius 1 is 1.24 bits per heavy atom. The maximum Gasteiger partial charge on any atom is 0.246 e. The Morgan fingerprint density at radius 3 is 2.69 bits per heavy atom. The summed E-state index contributed by atoms with van der Waals surface area (Å²) in [7, 11) is 3.96. The second-order valence-corrected chi connectivity index (χ2v) is 7.68. The quantitative estimate of drug-likeness (QED) is 0.752. The molecule has 1 aliphatic rings. The number of carbonyl (C=O) groups excluding carboxylic acids is 1. The van der Waals surface area contributed by atoms with Crippen molar-refractivity contribution in [2.24, 2.45) is 0 Å². The highest BCUT2D eigenvalue weighted by atomic mass is 16.2. The Labute approximate surface area is 172 Å². The number of likely N-dealkylation sites (tertiary alicyclic amines) is 1. The minimum Gasteiger partial charge on any atom is -0.338 e. The number of hydrogen-bond donors (Lipinski definition) is 1. The zero-order valence-electron chi connectivity index (χ0n) is 17.6. The fraction of sp³-hybridized carbons (Fsp3) is 0.476. The molecule has 29 heavy (non-hydrogen) atoms. The molecular formula is C21H29N7O. The van der Waals surface area contributed by atoms with Crippen LogP contribution in [0.4, 0.5) is 11.8 Å². The second-order valence-electron chi connectivity index (χ2n) is 7.68. The molecular weight excluding hydrogens is 366 g/mol. The van der Waals surface area contributed by atoms with E-state index in [4.69, 9.17) is 0 Å². The molecule has 0 spiro atoms. The Hall–Kier alpha value is -2.87. The number of aryl methyl sites for hydroxylation is 2. The molecule has 0 aliphatic carbocycles. The Balaban J connectivity index is 1.75. The Bertz CT molecular complexity index is 861. The van der Waals surface area contributed by atoms with Gasteiger partial charge in [-0.15, -0.1) is 0 Å². The van der Waals surface area contributed by atoms with Crippen LogP contribution in [0.3, 0.4) is 0 Å². The average molecular weight is 396 g/mol. The highest BCUT2D eigenvalue weighted by Gasteiger charge is 2.27. The van der Waals surface area contributed by atoms with Crippen molar-refractivity contribution in [3.8, 4) is 0 Å². The van der Waals surface area contributed by atoms with Gasteiger partial charge in [0.1, 0.15) is 0 Å². The van der Waals surface area contributed by atoms with E-state index in [1.807, 2.05) is 49.9 Å². The van der Waals surface area contributed by atoms with Crippen LogP contribution in [-0.4, -0.2) is 69.4 Å². The highest BCUT2D eigenvalue weighted by Crippen LogP contribution is 2.30. The summed E-state index contributed by atoms with van der Waals surface area (Å²) in [5.74, 6) is 1.34. The molecule has 154 valence electrons. The first kappa shape index (κ1) is 20.9. The van der Waals surface area contributed by atoms with Crippen molar-refractivity contribution in [2.75, 3.05) is 39.0 Å². The summed E-state index contributed by atoms with van der Waals surface area (Å²) in [4.78, 5) is 34.4. The van der Waals surface area contributed by atoms with Crippen molar-refractivity contribution in [1.29, 1.82) is 0 Å². The van der Waals surface area contributed by atoms with Gasteiger partial charge in [0.15, 0.2) is 5.82 Å². The molecule has 1 saturated heterocycles. The van der Waals surface area contributed by atoms with Gasteiger partial charge in [-0.05, 0) is 46.9 Å². The SMILES string of the molecule is Cc1cc(C)nc(Nc2nccnc2[C@H]2CCCN(C(=O)/C=C/CN(C)C)C2)n1. The van der Waals surface area contributed by atoms with Gasteiger partial charge in [0.2, 0.25) is 11.9 Å². The molecule has 0 unspecified atom stereocenters. The summed E-state index contributed by atoms with van der Waals surface area (Å²) in [6, 6.07) is 1.93. The van der Waals surface area contributed by atoms with Gasteiger partial charge in [0, 0.05) is 55.4 Å². The maximum atomic E-state index is 12.6. The molecule has 3 rings (SSSR count). The van der Waals surface area contributed by atoms with E-state index in [0.29, 0.717) is 18.3 Å². The van der Waals surface area contributed by atoms with Crippen LogP contribution in [0.25, 0.3) is 0 Å². The molecule has 0 radical (unpaired) electrons. The third-order valence-corrected chi connectivity index (χ3v) is 4.79. The number of nitrogens with one attached hydrogen (secondary N) is 1. The smallest absolute Gasteiger partial charge is 0.246 e. The molecule has 8 nitrogen and oxygen atoms in total. The summed E-state index contributed by atoms with van der Waals surface area (Å²) in [5, 5.41) is 3.22. The Morgan fingerprint density at radius 2 is 1.97 bits per heavy atom.